The molecule has 2 atom stereocenters. The van der Waals surface area contributed by atoms with E-state index in [2.05, 4.69) is 102 Å². The molecule has 0 heterocycles. The summed E-state index contributed by atoms with van der Waals surface area (Å²) in [5.41, 5.74) is 0.675. The van der Waals surface area contributed by atoms with E-state index in [1.165, 1.54) is 12.8 Å². The van der Waals surface area contributed by atoms with Crippen LogP contribution in [0, 0.1) is 27.1 Å². The van der Waals surface area contributed by atoms with E-state index in [4.69, 9.17) is 4.74 Å². The molecule has 2 nitrogen and oxygen atoms in total. The Hall–Kier alpha value is -0.500. The van der Waals surface area contributed by atoms with Gasteiger partial charge in [-0.25, -0.2) is 0 Å². The number of hydrogen-bond acceptors (Lipinski definition) is 2. The molecule has 0 aliphatic carbocycles. The number of rotatable bonds is 12. The lowest BCUT2D eigenvalue weighted by molar-refractivity contribution is -0.0954. The maximum absolute atomic E-state index is 6.33. The number of ether oxygens (including phenoxy) is 1. The van der Waals surface area contributed by atoms with Crippen LogP contribution in [0.5, 0.6) is 0 Å². The molecule has 0 aromatic rings. The van der Waals surface area contributed by atoms with Gasteiger partial charge in [0.25, 0.3) is 0 Å². The van der Waals surface area contributed by atoms with E-state index in [9.17, 15) is 0 Å². The molecule has 0 N–H and O–H groups in total. The zero-order chi connectivity index (χ0) is 22.6. The SMILES string of the molecule is C=C(OCCN(C)C)C(C)(CC(C)(C)C)C(C)(CC)C(C)(C)CC(C)(C)CC. The molecule has 0 fully saturated rings. The molecule has 2 unspecified atom stereocenters. The van der Waals surface area contributed by atoms with E-state index in [0.717, 1.165) is 25.1 Å². The van der Waals surface area contributed by atoms with Gasteiger partial charge in [0.05, 0.1) is 5.76 Å². The second-order valence-corrected chi connectivity index (χ2v) is 12.4. The summed E-state index contributed by atoms with van der Waals surface area (Å²) in [4.78, 5) is 2.17. The summed E-state index contributed by atoms with van der Waals surface area (Å²) in [5.74, 6) is 0.969. The first-order valence-corrected chi connectivity index (χ1v) is 11.3. The lowest BCUT2D eigenvalue weighted by Gasteiger charge is -2.59. The second-order valence-electron chi connectivity index (χ2n) is 12.4. The summed E-state index contributed by atoms with van der Waals surface area (Å²) in [7, 11) is 4.18. The molecular formula is C26H53NO. The van der Waals surface area contributed by atoms with E-state index >= 15 is 0 Å². The smallest absolute Gasteiger partial charge is 0.100 e. The minimum absolute atomic E-state index is 0.0783. The molecule has 2 heteroatoms. The number of nitrogens with zero attached hydrogens (tertiary/aromatic N) is 1. The van der Waals surface area contributed by atoms with Crippen molar-refractivity contribution in [3.05, 3.63) is 12.3 Å². The average molecular weight is 396 g/mol. The van der Waals surface area contributed by atoms with Crippen LogP contribution in [0.2, 0.25) is 0 Å². The minimum Gasteiger partial charge on any atom is -0.497 e. The van der Waals surface area contributed by atoms with E-state index in [-0.39, 0.29) is 21.7 Å². The van der Waals surface area contributed by atoms with Gasteiger partial charge in [-0.15, -0.1) is 0 Å². The zero-order valence-corrected chi connectivity index (χ0v) is 21.8. The van der Waals surface area contributed by atoms with E-state index in [0.29, 0.717) is 12.0 Å². The number of likely N-dealkylation sites (N-methyl/N-ethyl adjacent to an activating group) is 1. The zero-order valence-electron chi connectivity index (χ0n) is 21.8. The average Bonchev–Trinajstić information content (AvgIpc) is 2.50. The molecule has 0 amide bonds. The van der Waals surface area contributed by atoms with E-state index < -0.39 is 0 Å². The van der Waals surface area contributed by atoms with E-state index in [1.807, 2.05) is 0 Å². The first kappa shape index (κ1) is 27.5. The quantitative estimate of drug-likeness (QED) is 0.313. The molecule has 168 valence electrons. The predicted molar refractivity (Wildman–Crippen MR) is 127 cm³/mol. The van der Waals surface area contributed by atoms with Crippen molar-refractivity contribution in [3.63, 3.8) is 0 Å². The minimum atomic E-state index is -0.0976. The Morgan fingerprint density at radius 3 is 1.68 bits per heavy atom. The van der Waals surface area contributed by atoms with Crippen LogP contribution in [0.15, 0.2) is 12.3 Å². The van der Waals surface area contributed by atoms with Gasteiger partial charge in [0.2, 0.25) is 0 Å². The first-order valence-electron chi connectivity index (χ1n) is 11.3. The van der Waals surface area contributed by atoms with Crippen molar-refractivity contribution in [2.24, 2.45) is 27.1 Å². The molecule has 0 aliphatic rings. The van der Waals surface area contributed by atoms with Crippen LogP contribution in [-0.2, 0) is 4.74 Å². The van der Waals surface area contributed by atoms with Gasteiger partial charge in [0.1, 0.15) is 6.61 Å². The predicted octanol–water partition coefficient (Wildman–Crippen LogP) is 7.79. The second kappa shape index (κ2) is 9.54. The van der Waals surface area contributed by atoms with Crippen molar-refractivity contribution in [3.8, 4) is 0 Å². The van der Waals surface area contributed by atoms with Crippen molar-refractivity contribution < 1.29 is 4.74 Å². The molecule has 0 radical (unpaired) electrons. The molecule has 0 saturated carbocycles. The summed E-state index contributed by atoms with van der Waals surface area (Å²) >= 11 is 0. The summed E-state index contributed by atoms with van der Waals surface area (Å²) < 4.78 is 6.33. The summed E-state index contributed by atoms with van der Waals surface area (Å²) in [6.45, 7) is 32.5. The molecule has 0 saturated heterocycles. The topological polar surface area (TPSA) is 12.5 Å². The van der Waals surface area contributed by atoms with Gasteiger partial charge >= 0.3 is 0 Å². The number of hydrogen-bond donors (Lipinski definition) is 0. The van der Waals surface area contributed by atoms with Crippen LogP contribution in [0.25, 0.3) is 0 Å². The molecule has 0 spiro atoms. The molecule has 28 heavy (non-hydrogen) atoms. The van der Waals surface area contributed by atoms with Gasteiger partial charge in [0.15, 0.2) is 0 Å². The third-order valence-corrected chi connectivity index (χ3v) is 7.61. The fraction of sp³-hybridized carbons (Fsp3) is 0.923. The Morgan fingerprint density at radius 2 is 1.32 bits per heavy atom. The molecular weight excluding hydrogens is 342 g/mol. The summed E-state index contributed by atoms with van der Waals surface area (Å²) in [6, 6.07) is 0. The molecule has 0 aromatic carbocycles. The molecule has 0 rings (SSSR count). The third kappa shape index (κ3) is 6.78. The van der Waals surface area contributed by atoms with Gasteiger partial charge in [-0.05, 0) is 55.0 Å². The van der Waals surface area contributed by atoms with Crippen molar-refractivity contribution in [1.29, 1.82) is 0 Å². The molecule has 0 bridgehead atoms. The van der Waals surface area contributed by atoms with E-state index in [1.54, 1.807) is 0 Å². The lowest BCUT2D eigenvalue weighted by atomic mass is 9.46. The van der Waals surface area contributed by atoms with Crippen LogP contribution >= 0.6 is 0 Å². The Balaban J connectivity index is 6.14. The Bertz CT molecular complexity index is 497. The Labute approximate surface area is 178 Å². The molecule has 0 aromatic heterocycles. The summed E-state index contributed by atoms with van der Waals surface area (Å²) in [5, 5.41) is 0. The van der Waals surface area contributed by atoms with Crippen LogP contribution in [-0.4, -0.2) is 32.1 Å². The van der Waals surface area contributed by atoms with Gasteiger partial charge in [-0.2, -0.15) is 0 Å². The van der Waals surface area contributed by atoms with Crippen molar-refractivity contribution >= 4 is 0 Å². The highest BCUT2D eigenvalue weighted by Crippen LogP contribution is 2.63. The van der Waals surface area contributed by atoms with Crippen LogP contribution in [0.3, 0.4) is 0 Å². The van der Waals surface area contributed by atoms with Crippen LogP contribution in [0.4, 0.5) is 0 Å². The van der Waals surface area contributed by atoms with Crippen LogP contribution in [0.1, 0.15) is 102 Å². The van der Waals surface area contributed by atoms with Crippen molar-refractivity contribution in [2.75, 3.05) is 27.2 Å². The monoisotopic (exact) mass is 395 g/mol. The Morgan fingerprint density at radius 1 is 0.821 bits per heavy atom. The van der Waals surface area contributed by atoms with Gasteiger partial charge in [-0.1, -0.05) is 89.2 Å². The van der Waals surface area contributed by atoms with Gasteiger partial charge < -0.3 is 9.64 Å². The lowest BCUT2D eigenvalue weighted by Crippen LogP contribution is -2.52. The van der Waals surface area contributed by atoms with Crippen LogP contribution < -0.4 is 0 Å². The van der Waals surface area contributed by atoms with Gasteiger partial charge in [-0.3, -0.25) is 0 Å². The van der Waals surface area contributed by atoms with Gasteiger partial charge in [0, 0.05) is 12.0 Å². The Kier molecular flexibility index (Phi) is 9.37. The fourth-order valence-corrected chi connectivity index (χ4v) is 5.30. The highest BCUT2D eigenvalue weighted by atomic mass is 16.5. The third-order valence-electron chi connectivity index (χ3n) is 7.61. The maximum Gasteiger partial charge on any atom is 0.100 e. The van der Waals surface area contributed by atoms with Crippen molar-refractivity contribution in [1.82, 2.24) is 4.90 Å². The first-order chi connectivity index (χ1) is 12.4. The highest BCUT2D eigenvalue weighted by molar-refractivity contribution is 5.15. The largest absolute Gasteiger partial charge is 0.497 e. The normalized spacial score (nSPS) is 17.9. The number of allylic oxidation sites excluding steroid dienone is 1. The van der Waals surface area contributed by atoms with Crippen molar-refractivity contribution in [2.45, 2.75) is 102 Å². The fourth-order valence-electron chi connectivity index (χ4n) is 5.30. The highest BCUT2D eigenvalue weighted by Gasteiger charge is 2.56. The summed E-state index contributed by atoms with van der Waals surface area (Å²) in [6.07, 6.45) is 4.58. The standard InChI is InChI=1S/C26H53NO/c1-15-23(7,8)20-24(9,10)26(12,16-2)25(11,19-22(4,5)6)21(3)28-18-17-27(13)14/h3,15-20H2,1-2,4-14H3. The maximum atomic E-state index is 6.33. The molecule has 0 aliphatic heterocycles.